The van der Waals surface area contributed by atoms with Gasteiger partial charge in [-0.15, -0.1) is 0 Å². The average molecular weight is 310 g/mol. The number of hydrogen-bond donors (Lipinski definition) is 2. The fraction of sp³-hybridized carbons (Fsp3) is 0.167. The molecule has 0 bridgehead atoms. The Morgan fingerprint density at radius 1 is 1.56 bits per heavy atom. The molecule has 2 rings (SSSR count). The number of methoxy groups -OCH3 is 1. The first-order chi connectivity index (χ1) is 8.70. The summed E-state index contributed by atoms with van der Waals surface area (Å²) in [5.41, 5.74) is 1.46. The summed E-state index contributed by atoms with van der Waals surface area (Å²) in [6.07, 6.45) is 3.40. The van der Waals surface area contributed by atoms with Crippen molar-refractivity contribution < 1.29 is 9.53 Å². The summed E-state index contributed by atoms with van der Waals surface area (Å²) >= 11 is 3.34. The summed E-state index contributed by atoms with van der Waals surface area (Å²) in [5.74, 6) is 0.480. The van der Waals surface area contributed by atoms with Crippen molar-refractivity contribution in [2.75, 3.05) is 7.11 Å². The maximum Gasteiger partial charge on any atom is 0.252 e. The molecule has 0 aliphatic rings. The van der Waals surface area contributed by atoms with Gasteiger partial charge in [-0.3, -0.25) is 9.89 Å². The van der Waals surface area contributed by atoms with Crippen LogP contribution in [0.25, 0.3) is 0 Å². The molecule has 0 aliphatic heterocycles. The number of ether oxygens (including phenoxy) is 1. The Labute approximate surface area is 113 Å². The molecule has 94 valence electrons. The summed E-state index contributed by atoms with van der Waals surface area (Å²) < 4.78 is 5.82. The van der Waals surface area contributed by atoms with Crippen molar-refractivity contribution in [1.29, 1.82) is 0 Å². The number of carbonyl (C=O) groups excluding carboxylic acids is 1. The molecule has 2 aromatic rings. The molecule has 1 amide bonds. The van der Waals surface area contributed by atoms with Crippen molar-refractivity contribution in [2.45, 2.75) is 6.54 Å². The van der Waals surface area contributed by atoms with E-state index in [0.717, 1.165) is 10.0 Å². The van der Waals surface area contributed by atoms with E-state index in [4.69, 9.17) is 4.74 Å². The molecule has 0 unspecified atom stereocenters. The maximum atomic E-state index is 12.0. The van der Waals surface area contributed by atoms with Crippen LogP contribution in [0.15, 0.2) is 35.1 Å². The predicted octanol–water partition coefficient (Wildman–Crippen LogP) is 2.11. The van der Waals surface area contributed by atoms with E-state index < -0.39 is 0 Å². The van der Waals surface area contributed by atoms with Gasteiger partial charge in [0.1, 0.15) is 5.75 Å². The lowest BCUT2D eigenvalue weighted by Gasteiger charge is -2.07. The summed E-state index contributed by atoms with van der Waals surface area (Å²) in [6.45, 7) is 0.430. The highest BCUT2D eigenvalue weighted by Crippen LogP contribution is 2.22. The molecule has 2 N–H and O–H groups in total. The lowest BCUT2D eigenvalue weighted by atomic mass is 10.2. The molecule has 0 radical (unpaired) electrons. The number of nitrogens with zero attached hydrogens (tertiary/aromatic N) is 1. The Morgan fingerprint density at radius 3 is 3.06 bits per heavy atom. The third kappa shape index (κ3) is 2.89. The third-order valence-electron chi connectivity index (χ3n) is 2.43. The molecular formula is C12H12BrN3O2. The molecule has 0 fully saturated rings. The minimum atomic E-state index is -0.165. The van der Waals surface area contributed by atoms with E-state index in [2.05, 4.69) is 31.4 Å². The molecule has 0 saturated carbocycles. The van der Waals surface area contributed by atoms with Crippen LogP contribution in [0.5, 0.6) is 5.75 Å². The molecule has 1 heterocycles. The average Bonchev–Trinajstić information content (AvgIpc) is 2.89. The van der Waals surface area contributed by atoms with Gasteiger partial charge in [-0.1, -0.05) is 0 Å². The van der Waals surface area contributed by atoms with Crippen LogP contribution in [0.1, 0.15) is 15.9 Å². The van der Waals surface area contributed by atoms with E-state index in [0.29, 0.717) is 17.9 Å². The third-order valence-corrected chi connectivity index (χ3v) is 3.12. The van der Waals surface area contributed by atoms with Crippen molar-refractivity contribution in [3.8, 4) is 5.75 Å². The molecule has 5 nitrogen and oxygen atoms in total. The molecule has 0 aliphatic carbocycles. The van der Waals surface area contributed by atoms with Gasteiger partial charge in [-0.05, 0) is 34.1 Å². The highest BCUT2D eigenvalue weighted by Gasteiger charge is 2.11. The first kappa shape index (κ1) is 12.6. The van der Waals surface area contributed by atoms with Gasteiger partial charge in [0.2, 0.25) is 0 Å². The maximum absolute atomic E-state index is 12.0. The Morgan fingerprint density at radius 2 is 2.39 bits per heavy atom. The number of halogens is 1. The van der Waals surface area contributed by atoms with Gasteiger partial charge < -0.3 is 10.1 Å². The number of amides is 1. The number of benzene rings is 1. The summed E-state index contributed by atoms with van der Waals surface area (Å²) in [4.78, 5) is 12.0. The van der Waals surface area contributed by atoms with Crippen molar-refractivity contribution in [1.82, 2.24) is 15.5 Å². The Balaban J connectivity index is 2.08. The normalized spacial score (nSPS) is 10.1. The summed E-state index contributed by atoms with van der Waals surface area (Å²) in [5, 5.41) is 9.31. The largest absolute Gasteiger partial charge is 0.497 e. The van der Waals surface area contributed by atoms with E-state index in [-0.39, 0.29) is 5.91 Å². The van der Waals surface area contributed by atoms with E-state index >= 15 is 0 Å². The van der Waals surface area contributed by atoms with Crippen molar-refractivity contribution >= 4 is 21.8 Å². The van der Waals surface area contributed by atoms with Crippen molar-refractivity contribution in [3.63, 3.8) is 0 Å². The van der Waals surface area contributed by atoms with Crippen LogP contribution in [0, 0.1) is 0 Å². The number of aromatic amines is 1. The van der Waals surface area contributed by atoms with Gasteiger partial charge in [-0.25, -0.2) is 0 Å². The SMILES string of the molecule is COc1ccc(Br)c(C(=O)NCc2cn[nH]c2)c1. The van der Waals surface area contributed by atoms with Gasteiger partial charge in [-0.2, -0.15) is 5.10 Å². The van der Waals surface area contributed by atoms with Crippen molar-refractivity contribution in [3.05, 3.63) is 46.2 Å². The van der Waals surface area contributed by atoms with Gasteiger partial charge in [0, 0.05) is 22.8 Å². The highest BCUT2D eigenvalue weighted by molar-refractivity contribution is 9.10. The fourth-order valence-corrected chi connectivity index (χ4v) is 1.88. The number of hydrogen-bond acceptors (Lipinski definition) is 3. The Kier molecular flexibility index (Phi) is 3.99. The fourth-order valence-electron chi connectivity index (χ4n) is 1.46. The van der Waals surface area contributed by atoms with E-state index in [1.807, 2.05) is 0 Å². The van der Waals surface area contributed by atoms with Gasteiger partial charge in [0.15, 0.2) is 0 Å². The number of H-pyrrole nitrogens is 1. The van der Waals surface area contributed by atoms with Gasteiger partial charge in [0.05, 0.1) is 18.9 Å². The van der Waals surface area contributed by atoms with Gasteiger partial charge in [0.25, 0.3) is 5.91 Å². The molecule has 0 saturated heterocycles. The number of nitrogens with one attached hydrogen (secondary N) is 2. The van der Waals surface area contributed by atoms with E-state index in [1.54, 1.807) is 37.7 Å². The lowest BCUT2D eigenvalue weighted by molar-refractivity contribution is 0.0950. The van der Waals surface area contributed by atoms with E-state index in [1.165, 1.54) is 0 Å². The minimum absolute atomic E-state index is 0.165. The zero-order valence-corrected chi connectivity index (χ0v) is 11.3. The first-order valence-electron chi connectivity index (χ1n) is 5.30. The minimum Gasteiger partial charge on any atom is -0.497 e. The summed E-state index contributed by atoms with van der Waals surface area (Å²) in [7, 11) is 1.57. The van der Waals surface area contributed by atoms with E-state index in [9.17, 15) is 4.79 Å². The Bertz CT molecular complexity index is 540. The number of aromatic nitrogens is 2. The molecule has 6 heteroatoms. The van der Waals surface area contributed by atoms with Crippen LogP contribution in [0.2, 0.25) is 0 Å². The molecule has 1 aromatic heterocycles. The quantitative estimate of drug-likeness (QED) is 0.909. The number of carbonyl (C=O) groups is 1. The van der Waals surface area contributed by atoms with Crippen LogP contribution in [0.4, 0.5) is 0 Å². The predicted molar refractivity (Wildman–Crippen MR) is 70.5 cm³/mol. The standard InChI is InChI=1S/C12H12BrN3O2/c1-18-9-2-3-11(13)10(4-9)12(17)14-5-8-6-15-16-7-8/h2-4,6-7H,5H2,1H3,(H,14,17)(H,15,16). The van der Waals surface area contributed by atoms with Crippen LogP contribution in [0.3, 0.4) is 0 Å². The molecular weight excluding hydrogens is 298 g/mol. The smallest absolute Gasteiger partial charge is 0.252 e. The second kappa shape index (κ2) is 5.68. The summed E-state index contributed by atoms with van der Waals surface area (Å²) in [6, 6.07) is 5.26. The second-order valence-corrected chi connectivity index (χ2v) is 4.49. The van der Waals surface area contributed by atoms with Crippen molar-refractivity contribution in [2.24, 2.45) is 0 Å². The first-order valence-corrected chi connectivity index (χ1v) is 6.09. The van der Waals surface area contributed by atoms with Gasteiger partial charge >= 0.3 is 0 Å². The van der Waals surface area contributed by atoms with Crippen LogP contribution in [-0.2, 0) is 6.54 Å². The molecule has 1 aromatic carbocycles. The zero-order chi connectivity index (χ0) is 13.0. The van der Waals surface area contributed by atoms with Crippen LogP contribution in [-0.4, -0.2) is 23.2 Å². The zero-order valence-electron chi connectivity index (χ0n) is 9.74. The second-order valence-electron chi connectivity index (χ2n) is 3.64. The Hall–Kier alpha value is -1.82. The molecule has 0 spiro atoms. The molecule has 18 heavy (non-hydrogen) atoms. The molecule has 0 atom stereocenters. The van der Waals surface area contributed by atoms with Crippen LogP contribution >= 0.6 is 15.9 Å². The number of rotatable bonds is 4. The van der Waals surface area contributed by atoms with Crippen LogP contribution < -0.4 is 10.1 Å². The monoisotopic (exact) mass is 309 g/mol. The highest BCUT2D eigenvalue weighted by atomic mass is 79.9. The lowest BCUT2D eigenvalue weighted by Crippen LogP contribution is -2.23. The topological polar surface area (TPSA) is 67.0 Å².